The standard InChI is InChI=1S/C27H35NO5/c1-3-16-14-18-15-20(33-26(30)17-4-6-19(7-5-17)28(31)32)8-9-21(18)22-12-13-27(2)23(25(16)22)10-11-24(27)29/h4-8,16,18,21-25,29H,3,9-15H2,1-2H3/t16-,18?,21+,22-,23+,24+,25-,27+/m1/s1. The van der Waals surface area contributed by atoms with Crippen molar-refractivity contribution in [3.63, 3.8) is 0 Å². The van der Waals surface area contributed by atoms with E-state index < -0.39 is 10.9 Å². The maximum absolute atomic E-state index is 12.6. The van der Waals surface area contributed by atoms with E-state index in [2.05, 4.69) is 19.9 Å². The summed E-state index contributed by atoms with van der Waals surface area (Å²) in [5, 5.41) is 21.6. The van der Waals surface area contributed by atoms with E-state index >= 15 is 0 Å². The fraction of sp³-hybridized carbons (Fsp3) is 0.667. The number of esters is 1. The van der Waals surface area contributed by atoms with Crippen molar-refractivity contribution in [2.45, 2.75) is 71.3 Å². The molecule has 0 saturated heterocycles. The second kappa shape index (κ2) is 8.53. The lowest BCUT2D eigenvalue weighted by molar-refractivity contribution is -0.384. The molecule has 0 amide bonds. The van der Waals surface area contributed by atoms with Crippen LogP contribution in [-0.2, 0) is 4.74 Å². The van der Waals surface area contributed by atoms with Gasteiger partial charge in [-0.15, -0.1) is 0 Å². The number of fused-ring (bicyclic) bond motifs is 5. The van der Waals surface area contributed by atoms with Crippen LogP contribution in [0.15, 0.2) is 36.1 Å². The van der Waals surface area contributed by atoms with Crippen molar-refractivity contribution < 1.29 is 19.6 Å². The molecule has 3 fully saturated rings. The van der Waals surface area contributed by atoms with Crippen molar-refractivity contribution in [2.24, 2.45) is 40.9 Å². The van der Waals surface area contributed by atoms with E-state index in [0.717, 1.165) is 31.4 Å². The molecule has 1 N–H and O–H groups in total. The number of carbonyl (C=O) groups is 1. The second-order valence-electron chi connectivity index (χ2n) is 11.1. The summed E-state index contributed by atoms with van der Waals surface area (Å²) in [5.74, 6) is 4.23. The first-order valence-corrected chi connectivity index (χ1v) is 12.7. The summed E-state index contributed by atoms with van der Waals surface area (Å²) in [4.78, 5) is 23.0. The number of nitro groups is 1. The van der Waals surface area contributed by atoms with Crippen LogP contribution in [0.4, 0.5) is 5.69 Å². The molecule has 4 aliphatic carbocycles. The minimum Gasteiger partial charge on any atom is -0.428 e. The van der Waals surface area contributed by atoms with Crippen molar-refractivity contribution in [1.29, 1.82) is 0 Å². The van der Waals surface area contributed by atoms with Crippen LogP contribution in [-0.4, -0.2) is 22.1 Å². The van der Waals surface area contributed by atoms with E-state index in [1.165, 1.54) is 49.9 Å². The highest BCUT2D eigenvalue weighted by Gasteiger charge is 2.58. The van der Waals surface area contributed by atoms with Gasteiger partial charge in [-0.05, 0) is 97.7 Å². The van der Waals surface area contributed by atoms with Crippen molar-refractivity contribution in [3.8, 4) is 0 Å². The topological polar surface area (TPSA) is 89.7 Å². The highest BCUT2D eigenvalue weighted by molar-refractivity contribution is 5.90. The number of aliphatic hydroxyl groups is 1. The first-order chi connectivity index (χ1) is 15.8. The van der Waals surface area contributed by atoms with Crippen LogP contribution in [0.3, 0.4) is 0 Å². The van der Waals surface area contributed by atoms with Crippen molar-refractivity contribution in [3.05, 3.63) is 51.8 Å². The number of nitro benzene ring substituents is 1. The minimum absolute atomic E-state index is 0.0352. The smallest absolute Gasteiger partial charge is 0.343 e. The zero-order valence-corrected chi connectivity index (χ0v) is 19.6. The van der Waals surface area contributed by atoms with Gasteiger partial charge < -0.3 is 9.84 Å². The first-order valence-electron chi connectivity index (χ1n) is 12.7. The van der Waals surface area contributed by atoms with Crippen LogP contribution in [0.2, 0.25) is 0 Å². The number of rotatable bonds is 4. The molecule has 0 aliphatic heterocycles. The minimum atomic E-state index is -0.473. The van der Waals surface area contributed by atoms with Crippen molar-refractivity contribution in [2.75, 3.05) is 0 Å². The van der Waals surface area contributed by atoms with E-state index in [1.807, 2.05) is 0 Å². The molecule has 0 bridgehead atoms. The van der Waals surface area contributed by atoms with Gasteiger partial charge in [0.1, 0.15) is 5.76 Å². The van der Waals surface area contributed by atoms with Gasteiger partial charge in [0, 0.05) is 18.6 Å². The summed E-state index contributed by atoms with van der Waals surface area (Å²) < 4.78 is 5.75. The average molecular weight is 454 g/mol. The number of carbonyl (C=O) groups excluding carboxylic acids is 1. The molecule has 6 nitrogen and oxygen atoms in total. The maximum atomic E-state index is 12.6. The van der Waals surface area contributed by atoms with Gasteiger partial charge in [0.05, 0.1) is 16.6 Å². The third kappa shape index (κ3) is 3.80. The molecule has 1 aromatic rings. The number of benzene rings is 1. The quantitative estimate of drug-likeness (QED) is 0.348. The Bertz CT molecular complexity index is 956. The summed E-state index contributed by atoms with van der Waals surface area (Å²) in [5.41, 5.74) is 0.398. The van der Waals surface area contributed by atoms with Gasteiger partial charge in [-0.2, -0.15) is 0 Å². The van der Waals surface area contributed by atoms with E-state index in [-0.39, 0.29) is 17.2 Å². The molecule has 3 saturated carbocycles. The van der Waals surface area contributed by atoms with E-state index in [0.29, 0.717) is 41.1 Å². The van der Waals surface area contributed by atoms with Gasteiger partial charge in [0.25, 0.3) is 5.69 Å². The molecule has 5 rings (SSSR count). The van der Waals surface area contributed by atoms with Crippen LogP contribution < -0.4 is 0 Å². The van der Waals surface area contributed by atoms with Gasteiger partial charge in [-0.3, -0.25) is 10.1 Å². The van der Waals surface area contributed by atoms with Crippen LogP contribution >= 0.6 is 0 Å². The van der Waals surface area contributed by atoms with Crippen molar-refractivity contribution in [1.82, 2.24) is 0 Å². The third-order valence-corrected chi connectivity index (χ3v) is 9.78. The summed E-state index contributed by atoms with van der Waals surface area (Å²) >= 11 is 0. The summed E-state index contributed by atoms with van der Waals surface area (Å²) in [6.45, 7) is 4.65. The molecular weight excluding hydrogens is 418 g/mol. The van der Waals surface area contributed by atoms with E-state index in [4.69, 9.17) is 4.74 Å². The van der Waals surface area contributed by atoms with E-state index in [9.17, 15) is 20.0 Å². The lowest BCUT2D eigenvalue weighted by atomic mass is 9.48. The molecule has 0 heterocycles. The summed E-state index contributed by atoms with van der Waals surface area (Å²) in [6.07, 6.45) is 10.5. The zero-order chi connectivity index (χ0) is 23.3. The van der Waals surface area contributed by atoms with Crippen LogP contribution in [0.1, 0.15) is 75.6 Å². The Hall–Kier alpha value is -2.21. The van der Waals surface area contributed by atoms with Crippen molar-refractivity contribution >= 4 is 11.7 Å². The number of hydrogen-bond acceptors (Lipinski definition) is 5. The van der Waals surface area contributed by atoms with Gasteiger partial charge in [0.15, 0.2) is 0 Å². The van der Waals surface area contributed by atoms with Crippen LogP contribution in [0.25, 0.3) is 0 Å². The number of ether oxygens (including phenoxy) is 1. The zero-order valence-electron chi connectivity index (χ0n) is 19.6. The van der Waals surface area contributed by atoms with Crippen LogP contribution in [0, 0.1) is 51.0 Å². The first kappa shape index (κ1) is 22.6. The molecule has 8 atom stereocenters. The number of nitrogens with zero attached hydrogens (tertiary/aromatic N) is 1. The molecule has 0 radical (unpaired) electrons. The second-order valence-corrected chi connectivity index (χ2v) is 11.1. The fourth-order valence-corrected chi connectivity index (χ4v) is 8.08. The maximum Gasteiger partial charge on any atom is 0.343 e. The number of allylic oxidation sites excluding steroid dienone is 2. The lowest BCUT2D eigenvalue weighted by Crippen LogP contribution is -2.52. The Morgan fingerprint density at radius 2 is 1.97 bits per heavy atom. The summed E-state index contributed by atoms with van der Waals surface area (Å²) in [6, 6.07) is 5.59. The fourth-order valence-electron chi connectivity index (χ4n) is 8.08. The lowest BCUT2D eigenvalue weighted by Gasteiger charge is -2.57. The largest absolute Gasteiger partial charge is 0.428 e. The molecule has 0 aromatic heterocycles. The van der Waals surface area contributed by atoms with Gasteiger partial charge >= 0.3 is 5.97 Å². The van der Waals surface area contributed by atoms with Crippen LogP contribution in [0.5, 0.6) is 0 Å². The SMILES string of the molecule is CC[C@@H]1CC2CC(OC(=O)c3ccc([N+](=O)[O-])cc3)=CC[C@@H]2[C@H]2CC[C@]3(C)[C@@H](O)CC[C@H]3[C@H]12. The molecule has 178 valence electrons. The van der Waals surface area contributed by atoms with Gasteiger partial charge in [-0.1, -0.05) is 20.3 Å². The normalized spacial score (nSPS) is 39.6. The third-order valence-electron chi connectivity index (χ3n) is 9.78. The average Bonchev–Trinajstić information content (AvgIpc) is 3.12. The Balaban J connectivity index is 1.30. The molecule has 4 aliphatic rings. The van der Waals surface area contributed by atoms with Gasteiger partial charge in [0.2, 0.25) is 0 Å². The van der Waals surface area contributed by atoms with E-state index in [1.54, 1.807) is 0 Å². The molecule has 0 spiro atoms. The number of aliphatic hydroxyl groups excluding tert-OH is 1. The Morgan fingerprint density at radius 3 is 2.67 bits per heavy atom. The monoisotopic (exact) mass is 453 g/mol. The molecule has 6 heteroatoms. The predicted octanol–water partition coefficient (Wildman–Crippen LogP) is 5.90. The van der Waals surface area contributed by atoms with Gasteiger partial charge in [-0.25, -0.2) is 4.79 Å². The molecule has 1 unspecified atom stereocenters. The molecule has 33 heavy (non-hydrogen) atoms. The molecule has 1 aromatic carbocycles. The highest BCUT2D eigenvalue weighted by atomic mass is 16.6. The number of non-ortho nitro benzene ring substituents is 1. The molecular formula is C27H35NO5. The Kier molecular flexibility index (Phi) is 5.84. The highest BCUT2D eigenvalue weighted by Crippen LogP contribution is 2.64. The summed E-state index contributed by atoms with van der Waals surface area (Å²) in [7, 11) is 0. The number of hydrogen-bond donors (Lipinski definition) is 1. The predicted molar refractivity (Wildman–Crippen MR) is 124 cm³/mol. The Labute approximate surface area is 195 Å². The Morgan fingerprint density at radius 1 is 1.21 bits per heavy atom.